The van der Waals surface area contributed by atoms with Gasteiger partial charge in [0.2, 0.25) is 0 Å². The Morgan fingerprint density at radius 3 is 3.00 bits per heavy atom. The molecule has 2 unspecified atom stereocenters. The third-order valence-electron chi connectivity index (χ3n) is 3.09. The summed E-state index contributed by atoms with van der Waals surface area (Å²) in [4.78, 5) is 0. The van der Waals surface area contributed by atoms with Crippen molar-refractivity contribution in [2.24, 2.45) is 0 Å². The fourth-order valence-corrected chi connectivity index (χ4v) is 2.21. The number of rotatable bonds is 5. The molecule has 0 aliphatic carbocycles. The van der Waals surface area contributed by atoms with E-state index in [1.165, 1.54) is 32.2 Å². The van der Waals surface area contributed by atoms with Crippen LogP contribution < -0.4 is 5.32 Å². The predicted octanol–water partition coefficient (Wildman–Crippen LogP) is 1.32. The van der Waals surface area contributed by atoms with Crippen LogP contribution in [0.4, 0.5) is 0 Å². The summed E-state index contributed by atoms with van der Waals surface area (Å²) in [5, 5.41) is 3.43. The van der Waals surface area contributed by atoms with E-state index in [2.05, 4.69) is 5.32 Å². The minimum Gasteiger partial charge on any atom is -0.380 e. The molecule has 2 heterocycles. The maximum absolute atomic E-state index is 5.64. The van der Waals surface area contributed by atoms with Crippen molar-refractivity contribution in [1.29, 1.82) is 0 Å². The molecule has 82 valence electrons. The van der Waals surface area contributed by atoms with Crippen molar-refractivity contribution in [2.75, 3.05) is 26.4 Å². The summed E-state index contributed by atoms with van der Waals surface area (Å²) in [6.45, 7) is 3.87. The quantitative estimate of drug-likeness (QED) is 0.677. The Labute approximate surface area is 86.2 Å². The lowest BCUT2D eigenvalue weighted by atomic mass is 10.2. The highest BCUT2D eigenvalue weighted by atomic mass is 16.5. The van der Waals surface area contributed by atoms with Crippen LogP contribution in [-0.4, -0.2) is 38.5 Å². The van der Waals surface area contributed by atoms with Crippen molar-refractivity contribution >= 4 is 0 Å². The van der Waals surface area contributed by atoms with Crippen LogP contribution in [0.25, 0.3) is 0 Å². The van der Waals surface area contributed by atoms with Gasteiger partial charge in [0.15, 0.2) is 0 Å². The topological polar surface area (TPSA) is 30.5 Å². The first-order valence-electron chi connectivity index (χ1n) is 5.88. The van der Waals surface area contributed by atoms with Gasteiger partial charge in [-0.2, -0.15) is 0 Å². The van der Waals surface area contributed by atoms with Gasteiger partial charge < -0.3 is 14.8 Å². The maximum atomic E-state index is 5.64. The van der Waals surface area contributed by atoms with E-state index in [0.717, 1.165) is 26.2 Å². The van der Waals surface area contributed by atoms with E-state index in [1.807, 2.05) is 0 Å². The lowest BCUT2D eigenvalue weighted by Crippen LogP contribution is -2.27. The standard InChI is InChI=1S/C11H21NO2/c1-3-10(12-6-1)9-13-8-5-11-4-2-7-14-11/h10-12H,1-9H2. The Morgan fingerprint density at radius 2 is 2.29 bits per heavy atom. The van der Waals surface area contributed by atoms with Crippen molar-refractivity contribution in [3.8, 4) is 0 Å². The van der Waals surface area contributed by atoms with Crippen LogP contribution in [0.3, 0.4) is 0 Å². The van der Waals surface area contributed by atoms with Crippen LogP contribution in [-0.2, 0) is 9.47 Å². The fourth-order valence-electron chi connectivity index (χ4n) is 2.21. The van der Waals surface area contributed by atoms with Crippen LogP contribution in [0.1, 0.15) is 32.1 Å². The lowest BCUT2D eigenvalue weighted by Gasteiger charge is -2.12. The molecule has 0 saturated carbocycles. The molecule has 2 rings (SSSR count). The minimum atomic E-state index is 0.478. The van der Waals surface area contributed by atoms with Gasteiger partial charge in [0.05, 0.1) is 12.7 Å². The number of hydrogen-bond donors (Lipinski definition) is 1. The van der Waals surface area contributed by atoms with Gasteiger partial charge in [-0.1, -0.05) is 0 Å². The smallest absolute Gasteiger partial charge is 0.0619 e. The third kappa shape index (κ3) is 3.23. The fraction of sp³-hybridized carbons (Fsp3) is 1.00. The summed E-state index contributed by atoms with van der Waals surface area (Å²) in [6, 6.07) is 0.611. The predicted molar refractivity (Wildman–Crippen MR) is 55.4 cm³/mol. The Balaban J connectivity index is 1.46. The van der Waals surface area contributed by atoms with Crippen molar-refractivity contribution < 1.29 is 9.47 Å². The Kier molecular flexibility index (Phi) is 4.22. The molecule has 2 aliphatic heterocycles. The highest BCUT2D eigenvalue weighted by Crippen LogP contribution is 2.15. The molecule has 14 heavy (non-hydrogen) atoms. The van der Waals surface area contributed by atoms with Gasteiger partial charge in [0.1, 0.15) is 0 Å². The van der Waals surface area contributed by atoms with Gasteiger partial charge in [-0.05, 0) is 38.6 Å². The van der Waals surface area contributed by atoms with Crippen LogP contribution in [0.15, 0.2) is 0 Å². The Bertz CT molecular complexity index is 133. The van der Waals surface area contributed by atoms with Crippen LogP contribution >= 0.6 is 0 Å². The zero-order valence-corrected chi connectivity index (χ0v) is 8.84. The summed E-state index contributed by atoms with van der Waals surface area (Å²) >= 11 is 0. The average Bonchev–Trinajstić information content (AvgIpc) is 2.86. The van der Waals surface area contributed by atoms with E-state index < -0.39 is 0 Å². The molecule has 1 N–H and O–H groups in total. The first kappa shape index (κ1) is 10.4. The molecule has 2 fully saturated rings. The summed E-state index contributed by atoms with van der Waals surface area (Å²) in [5.74, 6) is 0. The number of nitrogens with one attached hydrogen (secondary N) is 1. The normalized spacial score (nSPS) is 32.6. The summed E-state index contributed by atoms with van der Waals surface area (Å²) in [6.07, 6.45) is 6.60. The summed E-state index contributed by atoms with van der Waals surface area (Å²) in [5.41, 5.74) is 0. The molecule has 0 amide bonds. The van der Waals surface area contributed by atoms with E-state index in [4.69, 9.17) is 9.47 Å². The number of hydrogen-bond acceptors (Lipinski definition) is 3. The van der Waals surface area contributed by atoms with Crippen LogP contribution in [0.5, 0.6) is 0 Å². The molecule has 0 radical (unpaired) electrons. The molecule has 2 aliphatic rings. The third-order valence-corrected chi connectivity index (χ3v) is 3.09. The lowest BCUT2D eigenvalue weighted by molar-refractivity contribution is 0.0536. The highest BCUT2D eigenvalue weighted by Gasteiger charge is 2.16. The molecule has 0 bridgehead atoms. The van der Waals surface area contributed by atoms with E-state index in [9.17, 15) is 0 Å². The van der Waals surface area contributed by atoms with Gasteiger partial charge in [0, 0.05) is 19.3 Å². The van der Waals surface area contributed by atoms with Crippen LogP contribution in [0.2, 0.25) is 0 Å². The molecule has 3 nitrogen and oxygen atoms in total. The van der Waals surface area contributed by atoms with E-state index in [1.54, 1.807) is 0 Å². The molecule has 3 heteroatoms. The molecule has 0 aromatic heterocycles. The molecule has 0 aromatic carbocycles. The second-order valence-electron chi connectivity index (χ2n) is 4.29. The van der Waals surface area contributed by atoms with E-state index in [0.29, 0.717) is 12.1 Å². The summed E-state index contributed by atoms with van der Waals surface area (Å²) < 4.78 is 11.2. The average molecular weight is 199 g/mol. The van der Waals surface area contributed by atoms with Gasteiger partial charge in [-0.25, -0.2) is 0 Å². The molecular weight excluding hydrogens is 178 g/mol. The summed E-state index contributed by atoms with van der Waals surface area (Å²) in [7, 11) is 0. The van der Waals surface area contributed by atoms with Crippen molar-refractivity contribution in [3.05, 3.63) is 0 Å². The molecule has 2 saturated heterocycles. The molecule has 0 aromatic rings. The molecular formula is C11H21NO2. The largest absolute Gasteiger partial charge is 0.380 e. The second kappa shape index (κ2) is 5.69. The van der Waals surface area contributed by atoms with Gasteiger partial charge in [-0.15, -0.1) is 0 Å². The Morgan fingerprint density at radius 1 is 1.29 bits per heavy atom. The first-order valence-corrected chi connectivity index (χ1v) is 5.88. The molecule has 2 atom stereocenters. The minimum absolute atomic E-state index is 0.478. The monoisotopic (exact) mass is 199 g/mol. The maximum Gasteiger partial charge on any atom is 0.0619 e. The van der Waals surface area contributed by atoms with E-state index >= 15 is 0 Å². The highest BCUT2D eigenvalue weighted by molar-refractivity contribution is 4.73. The number of ether oxygens (including phenoxy) is 2. The zero-order chi connectivity index (χ0) is 9.64. The zero-order valence-electron chi connectivity index (χ0n) is 8.84. The van der Waals surface area contributed by atoms with Crippen LogP contribution in [0, 0.1) is 0 Å². The van der Waals surface area contributed by atoms with Gasteiger partial charge in [0.25, 0.3) is 0 Å². The Hall–Kier alpha value is -0.120. The van der Waals surface area contributed by atoms with Crippen molar-refractivity contribution in [2.45, 2.75) is 44.2 Å². The van der Waals surface area contributed by atoms with Crippen molar-refractivity contribution in [1.82, 2.24) is 5.32 Å². The van der Waals surface area contributed by atoms with E-state index in [-0.39, 0.29) is 0 Å². The van der Waals surface area contributed by atoms with Crippen molar-refractivity contribution in [3.63, 3.8) is 0 Å². The second-order valence-corrected chi connectivity index (χ2v) is 4.29. The SMILES string of the molecule is C1CNC(COCCC2CCCO2)C1. The van der Waals surface area contributed by atoms with Gasteiger partial charge >= 0.3 is 0 Å². The molecule has 0 spiro atoms. The first-order chi connectivity index (χ1) is 6.95. The van der Waals surface area contributed by atoms with Gasteiger partial charge in [-0.3, -0.25) is 0 Å².